The number of alkyl halides is 3. The minimum Gasteiger partial charge on any atom is -0.481 e. The topological polar surface area (TPSA) is 107 Å². The predicted octanol–water partition coefficient (Wildman–Crippen LogP) is 7.73. The molecule has 4 aromatic rings. The summed E-state index contributed by atoms with van der Waals surface area (Å²) in [7, 11) is 0. The molecule has 1 fully saturated rings. The summed E-state index contributed by atoms with van der Waals surface area (Å²) in [6.45, 7) is 1.98. The molecule has 1 saturated heterocycles. The maximum Gasteiger partial charge on any atom is 0.416 e. The molecule has 12 heteroatoms. The number of nitrogens with zero attached hydrogens (tertiary/aromatic N) is 3. The van der Waals surface area contributed by atoms with E-state index in [0.717, 1.165) is 49.3 Å². The van der Waals surface area contributed by atoms with Crippen LogP contribution in [0.1, 0.15) is 52.7 Å². The van der Waals surface area contributed by atoms with E-state index in [4.69, 9.17) is 5.11 Å². The van der Waals surface area contributed by atoms with Gasteiger partial charge in [-0.25, -0.2) is 9.97 Å². The molecule has 1 aliphatic heterocycles. The van der Waals surface area contributed by atoms with Crippen LogP contribution in [-0.4, -0.2) is 45.8 Å². The molecular weight excluding hydrogens is 615 g/mol. The van der Waals surface area contributed by atoms with Crippen molar-refractivity contribution in [2.75, 3.05) is 34.4 Å². The van der Waals surface area contributed by atoms with Gasteiger partial charge >= 0.3 is 12.1 Å². The van der Waals surface area contributed by atoms with Gasteiger partial charge in [-0.15, -0.1) is 0 Å². The molecule has 3 N–H and O–H groups in total. The maximum absolute atomic E-state index is 13.4. The number of hydrogen-bond acceptors (Lipinski definition) is 7. The lowest BCUT2D eigenvalue weighted by atomic mass is 10.0. The molecule has 3 aromatic carbocycles. The molecule has 1 aliphatic rings. The number of anilines is 3. The standard InChI is InChI=1S/C34H34F3N5O3S/c35-34(36,37)26-9-5-6-23(17-26)20-38-31-19-30(39-22-40-31)28-18-27(42-13-2-1-3-14-42)10-11-29(28)41-33(45)25-8-4-7-24(16-25)21-46-15-12-32(43)44/h4-11,16-19,22H,1-3,12-15,20-21H2,(H,41,45)(H,43,44)(H,38,39,40). The molecule has 0 radical (unpaired) electrons. The Balaban J connectivity index is 1.37. The quantitative estimate of drug-likeness (QED) is 0.134. The second kappa shape index (κ2) is 15.1. The van der Waals surface area contributed by atoms with Crippen molar-refractivity contribution in [3.8, 4) is 11.3 Å². The Bertz CT molecular complexity index is 1680. The van der Waals surface area contributed by atoms with Crippen LogP contribution in [0.25, 0.3) is 11.3 Å². The van der Waals surface area contributed by atoms with Crippen LogP contribution < -0.4 is 15.5 Å². The minimum absolute atomic E-state index is 0.0760. The fraction of sp³-hybridized carbons (Fsp3) is 0.294. The van der Waals surface area contributed by atoms with E-state index in [1.165, 1.54) is 30.6 Å². The van der Waals surface area contributed by atoms with E-state index >= 15 is 0 Å². The first-order chi connectivity index (χ1) is 22.2. The van der Waals surface area contributed by atoms with Crippen LogP contribution in [0.2, 0.25) is 0 Å². The van der Waals surface area contributed by atoms with Gasteiger partial charge in [-0.3, -0.25) is 9.59 Å². The molecule has 0 atom stereocenters. The third kappa shape index (κ3) is 9.00. The van der Waals surface area contributed by atoms with Gasteiger partial charge in [0.05, 0.1) is 23.4 Å². The number of carboxylic acid groups (broad SMARTS) is 1. The number of carboxylic acids is 1. The van der Waals surface area contributed by atoms with Gasteiger partial charge in [-0.1, -0.05) is 24.3 Å². The molecule has 1 amide bonds. The average molecular weight is 650 g/mol. The Morgan fingerprint density at radius 2 is 1.70 bits per heavy atom. The van der Waals surface area contributed by atoms with E-state index in [0.29, 0.717) is 45.4 Å². The minimum atomic E-state index is -4.43. The summed E-state index contributed by atoms with van der Waals surface area (Å²) in [5, 5.41) is 15.0. The third-order valence-electron chi connectivity index (χ3n) is 7.56. The normalized spacial score (nSPS) is 13.3. The Labute approximate surface area is 269 Å². The highest BCUT2D eigenvalue weighted by Crippen LogP contribution is 2.34. The number of thioether (sulfide) groups is 1. The summed E-state index contributed by atoms with van der Waals surface area (Å²) < 4.78 is 39.6. The zero-order valence-corrected chi connectivity index (χ0v) is 25.8. The molecule has 0 unspecified atom stereocenters. The zero-order chi connectivity index (χ0) is 32.5. The molecule has 240 valence electrons. The summed E-state index contributed by atoms with van der Waals surface area (Å²) in [5.41, 5.74) is 3.90. The first-order valence-electron chi connectivity index (χ1n) is 15.0. The van der Waals surface area contributed by atoms with E-state index in [1.807, 2.05) is 24.3 Å². The predicted molar refractivity (Wildman–Crippen MR) is 175 cm³/mol. The number of benzene rings is 3. The fourth-order valence-electron chi connectivity index (χ4n) is 5.20. The van der Waals surface area contributed by atoms with E-state index in [9.17, 15) is 22.8 Å². The van der Waals surface area contributed by atoms with Crippen molar-refractivity contribution in [3.63, 3.8) is 0 Å². The Morgan fingerprint density at radius 3 is 2.48 bits per heavy atom. The largest absolute Gasteiger partial charge is 0.481 e. The van der Waals surface area contributed by atoms with Crippen LogP contribution in [0.5, 0.6) is 0 Å². The number of hydrogen-bond donors (Lipinski definition) is 3. The zero-order valence-electron chi connectivity index (χ0n) is 25.0. The number of nitrogens with one attached hydrogen (secondary N) is 2. The maximum atomic E-state index is 13.4. The summed E-state index contributed by atoms with van der Waals surface area (Å²) in [6, 6.07) is 19.9. The number of aliphatic carboxylic acids is 1. The number of carbonyl (C=O) groups excluding carboxylic acids is 1. The van der Waals surface area contributed by atoms with Crippen LogP contribution >= 0.6 is 11.8 Å². The Hall–Kier alpha value is -4.58. The lowest BCUT2D eigenvalue weighted by Crippen LogP contribution is -2.29. The molecule has 1 aromatic heterocycles. The van der Waals surface area contributed by atoms with Crippen molar-refractivity contribution in [2.45, 2.75) is 44.2 Å². The van der Waals surface area contributed by atoms with Crippen LogP contribution in [-0.2, 0) is 23.3 Å². The Kier molecular flexibility index (Phi) is 10.8. The Morgan fingerprint density at radius 1 is 0.913 bits per heavy atom. The van der Waals surface area contributed by atoms with Crippen molar-refractivity contribution in [1.29, 1.82) is 0 Å². The van der Waals surface area contributed by atoms with E-state index in [-0.39, 0.29) is 18.9 Å². The van der Waals surface area contributed by atoms with Crippen LogP contribution in [0.3, 0.4) is 0 Å². The summed E-state index contributed by atoms with van der Waals surface area (Å²) in [4.78, 5) is 35.3. The average Bonchev–Trinajstić information content (AvgIpc) is 3.06. The molecule has 2 heterocycles. The summed E-state index contributed by atoms with van der Waals surface area (Å²) in [5.74, 6) is 0.345. The van der Waals surface area contributed by atoms with Crippen molar-refractivity contribution in [2.24, 2.45) is 0 Å². The second-order valence-electron chi connectivity index (χ2n) is 11.0. The molecular formula is C34H34F3N5O3S. The van der Waals surface area contributed by atoms with Gasteiger partial charge < -0.3 is 20.6 Å². The molecule has 46 heavy (non-hydrogen) atoms. The van der Waals surface area contributed by atoms with E-state index in [1.54, 1.807) is 30.3 Å². The number of carbonyl (C=O) groups is 2. The van der Waals surface area contributed by atoms with E-state index < -0.39 is 17.7 Å². The number of piperidine rings is 1. The van der Waals surface area contributed by atoms with Gasteiger partial charge in [0.2, 0.25) is 0 Å². The smallest absolute Gasteiger partial charge is 0.416 e. The van der Waals surface area contributed by atoms with Gasteiger partial charge in [0.25, 0.3) is 5.91 Å². The molecule has 8 nitrogen and oxygen atoms in total. The van der Waals surface area contributed by atoms with Crippen molar-refractivity contribution < 1.29 is 27.9 Å². The molecule has 0 aliphatic carbocycles. The van der Waals surface area contributed by atoms with Crippen molar-refractivity contribution >= 4 is 40.8 Å². The number of rotatable bonds is 12. The number of aromatic nitrogens is 2. The molecule has 0 spiro atoms. The fourth-order valence-corrected chi connectivity index (χ4v) is 6.08. The molecule has 0 bridgehead atoms. The lowest BCUT2D eigenvalue weighted by molar-refractivity contribution is -0.138. The van der Waals surface area contributed by atoms with E-state index in [2.05, 4.69) is 25.5 Å². The highest BCUT2D eigenvalue weighted by molar-refractivity contribution is 7.98. The summed E-state index contributed by atoms with van der Waals surface area (Å²) in [6.07, 6.45) is 0.398. The molecule has 5 rings (SSSR count). The first kappa shape index (κ1) is 32.8. The molecule has 0 saturated carbocycles. The highest BCUT2D eigenvalue weighted by Gasteiger charge is 2.30. The highest BCUT2D eigenvalue weighted by atomic mass is 32.2. The van der Waals surface area contributed by atoms with Crippen LogP contribution in [0, 0.1) is 0 Å². The second-order valence-corrected chi connectivity index (χ2v) is 12.1. The third-order valence-corrected chi connectivity index (χ3v) is 8.59. The number of halogens is 3. The van der Waals surface area contributed by atoms with Gasteiger partial charge in [-0.05, 0) is 72.9 Å². The van der Waals surface area contributed by atoms with Crippen LogP contribution in [0.4, 0.5) is 30.4 Å². The lowest BCUT2D eigenvalue weighted by Gasteiger charge is -2.29. The van der Waals surface area contributed by atoms with Gasteiger partial charge in [-0.2, -0.15) is 24.9 Å². The van der Waals surface area contributed by atoms with Gasteiger partial charge in [0.15, 0.2) is 0 Å². The SMILES string of the molecule is O=C(O)CCSCc1cccc(C(=O)Nc2ccc(N3CCCCC3)cc2-c2cc(NCc3cccc(C(F)(F)F)c3)ncn2)c1. The van der Waals surface area contributed by atoms with Crippen molar-refractivity contribution in [1.82, 2.24) is 9.97 Å². The number of amides is 1. The monoisotopic (exact) mass is 649 g/mol. The van der Waals surface area contributed by atoms with Gasteiger partial charge in [0, 0.05) is 54.0 Å². The van der Waals surface area contributed by atoms with Crippen LogP contribution in [0.15, 0.2) is 79.1 Å². The van der Waals surface area contributed by atoms with Crippen molar-refractivity contribution in [3.05, 3.63) is 101 Å². The van der Waals surface area contributed by atoms with Gasteiger partial charge in [0.1, 0.15) is 12.1 Å². The first-order valence-corrected chi connectivity index (χ1v) is 16.1. The summed E-state index contributed by atoms with van der Waals surface area (Å²) >= 11 is 1.49.